The van der Waals surface area contributed by atoms with E-state index in [1.807, 2.05) is 24.3 Å². The molecule has 158 valence electrons. The third-order valence-electron chi connectivity index (χ3n) is 5.86. The molecule has 0 aliphatic heterocycles. The van der Waals surface area contributed by atoms with Gasteiger partial charge in [-0.2, -0.15) is 0 Å². The zero-order valence-corrected chi connectivity index (χ0v) is 17.4. The largest absolute Gasteiger partial charge is 0.399 e. The van der Waals surface area contributed by atoms with Gasteiger partial charge in [0.25, 0.3) is 0 Å². The predicted molar refractivity (Wildman–Crippen MR) is 121 cm³/mol. The number of carbonyl (C=O) groups excluding carboxylic acids is 2. The molecule has 1 heterocycles. The fraction of sp³-hybridized carbons (Fsp3) is 0.400. The molecule has 3 N–H and O–H groups in total. The molecule has 1 aliphatic rings. The molecule has 0 spiro atoms. The molecule has 3 rings (SSSR count). The van der Waals surface area contributed by atoms with E-state index >= 15 is 0 Å². The summed E-state index contributed by atoms with van der Waals surface area (Å²) in [7, 11) is 0. The van der Waals surface area contributed by atoms with E-state index in [1.165, 1.54) is 6.42 Å². The number of anilines is 1. The number of Topliss-reactive ketones (excluding diaryl/α,β-unsaturated/α-hetero) is 1. The predicted octanol–water partition coefficient (Wildman–Crippen LogP) is 4.65. The number of ketones is 1. The van der Waals surface area contributed by atoms with Gasteiger partial charge in [0.05, 0.1) is 0 Å². The van der Waals surface area contributed by atoms with Crippen molar-refractivity contribution in [1.29, 1.82) is 0 Å². The quantitative estimate of drug-likeness (QED) is 0.275. The zero-order chi connectivity index (χ0) is 21.2. The Labute approximate surface area is 178 Å². The Balaban J connectivity index is 1.28. The van der Waals surface area contributed by atoms with Crippen LogP contribution >= 0.6 is 0 Å². The number of rotatable bonds is 9. The SMILES string of the molecule is Nc1ccc(C(=O)C2CCC(CCCCNC(=O)/C=C/c3cccnc3)CC2)cc1. The van der Waals surface area contributed by atoms with Crippen LogP contribution in [0.2, 0.25) is 0 Å². The summed E-state index contributed by atoms with van der Waals surface area (Å²) < 4.78 is 0. The lowest BCUT2D eigenvalue weighted by Crippen LogP contribution is -2.23. The molecule has 1 saturated carbocycles. The Morgan fingerprint density at radius 1 is 1.07 bits per heavy atom. The minimum atomic E-state index is -0.0689. The van der Waals surface area contributed by atoms with Crippen LogP contribution in [-0.2, 0) is 4.79 Å². The monoisotopic (exact) mass is 405 g/mol. The maximum Gasteiger partial charge on any atom is 0.243 e. The summed E-state index contributed by atoms with van der Waals surface area (Å²) >= 11 is 0. The highest BCUT2D eigenvalue weighted by Crippen LogP contribution is 2.33. The number of carbonyl (C=O) groups is 2. The van der Waals surface area contributed by atoms with Gasteiger partial charge in [-0.25, -0.2) is 0 Å². The topological polar surface area (TPSA) is 85.1 Å². The lowest BCUT2D eigenvalue weighted by Gasteiger charge is -2.27. The Hall–Kier alpha value is -2.95. The number of nitrogens with zero attached hydrogens (tertiary/aromatic N) is 1. The van der Waals surface area contributed by atoms with Crippen molar-refractivity contribution in [3.05, 3.63) is 66.0 Å². The average Bonchev–Trinajstić information content (AvgIpc) is 2.78. The number of hydrogen-bond acceptors (Lipinski definition) is 4. The van der Waals surface area contributed by atoms with E-state index in [4.69, 9.17) is 5.73 Å². The number of amides is 1. The summed E-state index contributed by atoms with van der Waals surface area (Å²) in [5, 5.41) is 2.94. The molecule has 1 fully saturated rings. The zero-order valence-electron chi connectivity index (χ0n) is 17.4. The van der Waals surface area contributed by atoms with Gasteiger partial charge in [0.2, 0.25) is 5.91 Å². The number of aromatic nitrogens is 1. The minimum absolute atomic E-state index is 0.0689. The first-order valence-electron chi connectivity index (χ1n) is 10.9. The fourth-order valence-corrected chi connectivity index (χ4v) is 4.07. The Bertz CT molecular complexity index is 838. The summed E-state index contributed by atoms with van der Waals surface area (Å²) in [6, 6.07) is 11.0. The van der Waals surface area contributed by atoms with Crippen molar-refractivity contribution >= 4 is 23.5 Å². The van der Waals surface area contributed by atoms with Crippen LogP contribution in [0.3, 0.4) is 0 Å². The number of unbranched alkanes of at least 4 members (excludes halogenated alkanes) is 1. The van der Waals surface area contributed by atoms with Crippen LogP contribution in [0.15, 0.2) is 54.9 Å². The van der Waals surface area contributed by atoms with E-state index in [2.05, 4.69) is 10.3 Å². The highest BCUT2D eigenvalue weighted by molar-refractivity contribution is 5.98. The van der Waals surface area contributed by atoms with Gasteiger partial charge in [-0.1, -0.05) is 18.9 Å². The molecule has 0 bridgehead atoms. The van der Waals surface area contributed by atoms with Crippen LogP contribution in [0.5, 0.6) is 0 Å². The second kappa shape index (κ2) is 11.3. The van der Waals surface area contributed by atoms with Crippen molar-refractivity contribution < 1.29 is 9.59 Å². The Kier molecular flexibility index (Phi) is 8.19. The van der Waals surface area contributed by atoms with Gasteiger partial charge < -0.3 is 11.1 Å². The normalized spacial score (nSPS) is 18.9. The standard InChI is InChI=1S/C25H31N3O2/c26-23-13-11-22(12-14-23)25(30)21-9-6-19(7-10-21)4-1-2-17-28-24(29)15-8-20-5-3-16-27-18-20/h3,5,8,11-16,18-19,21H,1-2,4,6-7,9-10,17,26H2,(H,28,29)/b15-8+. The number of hydrogen-bond donors (Lipinski definition) is 2. The molecular formula is C25H31N3O2. The first kappa shape index (κ1) is 21.8. The van der Waals surface area contributed by atoms with Gasteiger partial charge in [-0.3, -0.25) is 14.6 Å². The lowest BCUT2D eigenvalue weighted by molar-refractivity contribution is -0.116. The van der Waals surface area contributed by atoms with E-state index < -0.39 is 0 Å². The highest BCUT2D eigenvalue weighted by Gasteiger charge is 2.26. The molecule has 30 heavy (non-hydrogen) atoms. The summed E-state index contributed by atoms with van der Waals surface area (Å²) in [6.45, 7) is 0.696. The van der Waals surface area contributed by atoms with Gasteiger partial charge >= 0.3 is 0 Å². The van der Waals surface area contributed by atoms with Crippen LogP contribution in [0.1, 0.15) is 60.9 Å². The number of nitrogens with one attached hydrogen (secondary N) is 1. The second-order valence-corrected chi connectivity index (χ2v) is 8.11. The minimum Gasteiger partial charge on any atom is -0.399 e. The summed E-state index contributed by atoms with van der Waals surface area (Å²) in [5.41, 5.74) is 8.09. The summed E-state index contributed by atoms with van der Waals surface area (Å²) in [4.78, 5) is 28.5. The van der Waals surface area contributed by atoms with Gasteiger partial charge in [-0.05, 0) is 80.0 Å². The van der Waals surface area contributed by atoms with Crippen LogP contribution in [0.4, 0.5) is 5.69 Å². The summed E-state index contributed by atoms with van der Waals surface area (Å²) in [5.74, 6) is 1.04. The van der Waals surface area contributed by atoms with Crippen LogP contribution in [0, 0.1) is 11.8 Å². The van der Waals surface area contributed by atoms with Crippen LogP contribution in [-0.4, -0.2) is 23.2 Å². The lowest BCUT2D eigenvalue weighted by atomic mass is 9.77. The molecule has 5 nitrogen and oxygen atoms in total. The molecule has 0 saturated heterocycles. The van der Waals surface area contributed by atoms with Crippen molar-refractivity contribution in [2.24, 2.45) is 11.8 Å². The molecule has 0 atom stereocenters. The number of pyridine rings is 1. The van der Waals surface area contributed by atoms with Crippen molar-refractivity contribution in [2.45, 2.75) is 44.9 Å². The maximum absolute atomic E-state index is 12.6. The molecule has 0 unspecified atom stereocenters. The molecule has 1 aliphatic carbocycles. The fourth-order valence-electron chi connectivity index (χ4n) is 4.07. The molecule has 5 heteroatoms. The Morgan fingerprint density at radius 3 is 2.53 bits per heavy atom. The van der Waals surface area contributed by atoms with Crippen molar-refractivity contribution in [2.75, 3.05) is 12.3 Å². The van der Waals surface area contributed by atoms with Gasteiger partial charge in [0, 0.05) is 42.2 Å². The number of nitrogen functional groups attached to an aromatic ring is 1. The number of benzene rings is 1. The molecule has 1 aromatic carbocycles. The van der Waals surface area contributed by atoms with Gasteiger partial charge in [0.1, 0.15) is 0 Å². The van der Waals surface area contributed by atoms with Crippen molar-refractivity contribution in [3.8, 4) is 0 Å². The first-order valence-corrected chi connectivity index (χ1v) is 10.9. The molecule has 1 amide bonds. The van der Waals surface area contributed by atoms with Gasteiger partial charge in [0.15, 0.2) is 5.78 Å². The average molecular weight is 406 g/mol. The second-order valence-electron chi connectivity index (χ2n) is 8.11. The maximum atomic E-state index is 12.6. The Morgan fingerprint density at radius 2 is 1.83 bits per heavy atom. The molecular weight excluding hydrogens is 374 g/mol. The third-order valence-corrected chi connectivity index (χ3v) is 5.86. The number of nitrogens with two attached hydrogens (primary N) is 1. The highest BCUT2D eigenvalue weighted by atomic mass is 16.1. The molecule has 0 radical (unpaired) electrons. The molecule has 2 aromatic rings. The van der Waals surface area contributed by atoms with Crippen LogP contribution < -0.4 is 11.1 Å². The first-order chi connectivity index (χ1) is 14.6. The summed E-state index contributed by atoms with van der Waals surface area (Å²) in [6.07, 6.45) is 14.2. The van der Waals surface area contributed by atoms with Crippen molar-refractivity contribution in [3.63, 3.8) is 0 Å². The van der Waals surface area contributed by atoms with E-state index in [1.54, 1.807) is 36.7 Å². The smallest absolute Gasteiger partial charge is 0.243 e. The van der Waals surface area contributed by atoms with E-state index in [0.717, 1.165) is 49.7 Å². The molecule has 1 aromatic heterocycles. The van der Waals surface area contributed by atoms with E-state index in [9.17, 15) is 9.59 Å². The van der Waals surface area contributed by atoms with E-state index in [-0.39, 0.29) is 17.6 Å². The van der Waals surface area contributed by atoms with Crippen LogP contribution in [0.25, 0.3) is 6.08 Å². The van der Waals surface area contributed by atoms with Crippen molar-refractivity contribution in [1.82, 2.24) is 10.3 Å². The third kappa shape index (κ3) is 6.83. The van der Waals surface area contributed by atoms with E-state index in [0.29, 0.717) is 18.2 Å². The van der Waals surface area contributed by atoms with Gasteiger partial charge in [-0.15, -0.1) is 0 Å².